The molecule has 0 saturated carbocycles. The molecule has 0 aromatic carbocycles. The van der Waals surface area contributed by atoms with Crippen LogP contribution in [0.1, 0.15) is 18.2 Å². The molecule has 0 spiro atoms. The number of carbonyl (C=O) groups excluding carboxylic acids is 1. The van der Waals surface area contributed by atoms with Crippen molar-refractivity contribution >= 4 is 11.9 Å². The van der Waals surface area contributed by atoms with E-state index in [0.29, 0.717) is 22.7 Å². The number of rotatable bonds is 4. The maximum absolute atomic E-state index is 12.0. The molecule has 0 saturated heterocycles. The monoisotopic (exact) mass is 343 g/mol. The lowest BCUT2D eigenvalue weighted by molar-refractivity contribution is 0.167. The Morgan fingerprint density at radius 2 is 2.24 bits per heavy atom. The minimum absolute atomic E-state index is 0.178. The maximum atomic E-state index is 12.0. The topological polar surface area (TPSA) is 115 Å². The second-order valence-electron chi connectivity index (χ2n) is 5.25. The van der Waals surface area contributed by atoms with E-state index in [-0.39, 0.29) is 23.9 Å². The number of amides is 1. The molecule has 3 aromatic heterocycles. The molecule has 3 rings (SSSR count). The fourth-order valence-electron chi connectivity index (χ4n) is 2.18. The minimum Gasteiger partial charge on any atom is -0.463 e. The summed E-state index contributed by atoms with van der Waals surface area (Å²) in [6.45, 7) is 5.33. The fraction of sp³-hybridized carbons (Fsp3) is 0.250. The van der Waals surface area contributed by atoms with Crippen molar-refractivity contribution in [2.45, 2.75) is 20.8 Å². The molecule has 0 radical (unpaired) electrons. The van der Waals surface area contributed by atoms with Gasteiger partial charge in [-0.05, 0) is 32.9 Å². The van der Waals surface area contributed by atoms with E-state index < -0.39 is 6.09 Å². The minimum atomic E-state index is -0.638. The molecule has 3 aromatic rings. The Bertz CT molecular complexity index is 956. The van der Waals surface area contributed by atoms with Crippen molar-refractivity contribution in [3.8, 4) is 17.4 Å². The standard InChI is InChI=1S/C16H17N5O4/c1-4-24-16(23)18-13-8-11(12-6-5-7-25-12)20-21(13)15-17-10(3)9(2)14(22)19-15/h5-8H,4H2,1-3H3,(H,18,23)(H,17,19,22). The van der Waals surface area contributed by atoms with E-state index in [4.69, 9.17) is 9.15 Å². The van der Waals surface area contributed by atoms with Gasteiger partial charge in [-0.3, -0.25) is 15.1 Å². The molecule has 25 heavy (non-hydrogen) atoms. The Kier molecular flexibility index (Phi) is 4.38. The first kappa shape index (κ1) is 16.5. The third-order valence-corrected chi connectivity index (χ3v) is 3.57. The molecule has 2 N–H and O–H groups in total. The lowest BCUT2D eigenvalue weighted by Crippen LogP contribution is -2.21. The Morgan fingerprint density at radius 1 is 1.44 bits per heavy atom. The summed E-state index contributed by atoms with van der Waals surface area (Å²) in [5.41, 5.74) is 1.27. The Morgan fingerprint density at radius 3 is 2.88 bits per heavy atom. The number of aromatic nitrogens is 4. The van der Waals surface area contributed by atoms with E-state index in [0.717, 1.165) is 0 Å². The molecule has 9 nitrogen and oxygen atoms in total. The molecule has 9 heteroatoms. The summed E-state index contributed by atoms with van der Waals surface area (Å²) in [5, 5.41) is 6.95. The predicted octanol–water partition coefficient (Wildman–Crippen LogP) is 2.40. The highest BCUT2D eigenvalue weighted by molar-refractivity contribution is 5.84. The quantitative estimate of drug-likeness (QED) is 0.751. The molecule has 0 aliphatic heterocycles. The van der Waals surface area contributed by atoms with Gasteiger partial charge in [-0.2, -0.15) is 9.78 Å². The Labute approximate surface area is 142 Å². The summed E-state index contributed by atoms with van der Waals surface area (Å²) < 4.78 is 11.5. The lowest BCUT2D eigenvalue weighted by Gasteiger charge is -2.09. The molecule has 0 aliphatic carbocycles. The molecular formula is C16H17N5O4. The van der Waals surface area contributed by atoms with Crippen LogP contribution in [0.3, 0.4) is 0 Å². The highest BCUT2D eigenvalue weighted by Gasteiger charge is 2.17. The van der Waals surface area contributed by atoms with Gasteiger partial charge in [-0.1, -0.05) is 0 Å². The Hall–Kier alpha value is -3.36. The fourth-order valence-corrected chi connectivity index (χ4v) is 2.18. The molecule has 0 aliphatic rings. The summed E-state index contributed by atoms with van der Waals surface area (Å²) in [6.07, 6.45) is 0.879. The van der Waals surface area contributed by atoms with Crippen LogP contribution in [0.25, 0.3) is 17.4 Å². The second-order valence-corrected chi connectivity index (χ2v) is 5.25. The summed E-state index contributed by atoms with van der Waals surface area (Å²) >= 11 is 0. The first-order valence-corrected chi connectivity index (χ1v) is 7.65. The first-order valence-electron chi connectivity index (χ1n) is 7.65. The predicted molar refractivity (Wildman–Crippen MR) is 89.8 cm³/mol. The number of anilines is 1. The zero-order chi connectivity index (χ0) is 18.0. The summed E-state index contributed by atoms with van der Waals surface area (Å²) in [4.78, 5) is 30.8. The third kappa shape index (κ3) is 3.30. The van der Waals surface area contributed by atoms with Gasteiger partial charge in [0.25, 0.3) is 5.56 Å². The average molecular weight is 343 g/mol. The van der Waals surface area contributed by atoms with Crippen molar-refractivity contribution < 1.29 is 13.9 Å². The average Bonchev–Trinajstić information content (AvgIpc) is 3.21. The van der Waals surface area contributed by atoms with Crippen LogP contribution in [0.2, 0.25) is 0 Å². The van der Waals surface area contributed by atoms with Crippen molar-refractivity contribution in [2.24, 2.45) is 0 Å². The number of nitrogens with zero attached hydrogens (tertiary/aromatic N) is 3. The van der Waals surface area contributed by atoms with Crippen LogP contribution >= 0.6 is 0 Å². The second kappa shape index (κ2) is 6.63. The van der Waals surface area contributed by atoms with Gasteiger partial charge in [-0.15, -0.1) is 0 Å². The van der Waals surface area contributed by atoms with E-state index in [1.54, 1.807) is 39.0 Å². The zero-order valence-electron chi connectivity index (χ0n) is 14.0. The molecule has 0 fully saturated rings. The number of furan rings is 1. The van der Waals surface area contributed by atoms with Crippen molar-refractivity contribution in [1.29, 1.82) is 0 Å². The van der Waals surface area contributed by atoms with Crippen LogP contribution in [0.15, 0.2) is 33.7 Å². The smallest absolute Gasteiger partial charge is 0.412 e. The number of hydrogen-bond acceptors (Lipinski definition) is 6. The molecule has 130 valence electrons. The number of ether oxygens (including phenoxy) is 1. The summed E-state index contributed by atoms with van der Waals surface area (Å²) in [5.74, 6) is 0.978. The van der Waals surface area contributed by atoms with Gasteiger partial charge in [-0.25, -0.2) is 9.78 Å². The number of aryl methyl sites for hydroxylation is 1. The molecule has 0 unspecified atom stereocenters. The lowest BCUT2D eigenvalue weighted by atomic mass is 10.3. The van der Waals surface area contributed by atoms with E-state index in [1.807, 2.05) is 0 Å². The normalized spacial score (nSPS) is 10.7. The van der Waals surface area contributed by atoms with Gasteiger partial charge in [0.2, 0.25) is 5.95 Å². The van der Waals surface area contributed by atoms with Crippen molar-refractivity contribution in [3.05, 3.63) is 46.1 Å². The van der Waals surface area contributed by atoms with Crippen LogP contribution in [0, 0.1) is 13.8 Å². The van der Waals surface area contributed by atoms with E-state index in [9.17, 15) is 9.59 Å². The number of nitrogens with one attached hydrogen (secondary N) is 2. The molecular weight excluding hydrogens is 326 g/mol. The Balaban J connectivity index is 2.10. The van der Waals surface area contributed by atoms with Crippen LogP contribution < -0.4 is 10.9 Å². The van der Waals surface area contributed by atoms with E-state index >= 15 is 0 Å². The van der Waals surface area contributed by atoms with Gasteiger partial charge in [0.1, 0.15) is 11.5 Å². The largest absolute Gasteiger partial charge is 0.463 e. The molecule has 0 atom stereocenters. The summed E-state index contributed by atoms with van der Waals surface area (Å²) in [6, 6.07) is 5.06. The van der Waals surface area contributed by atoms with Crippen LogP contribution in [0.4, 0.5) is 10.6 Å². The number of hydrogen-bond donors (Lipinski definition) is 2. The maximum Gasteiger partial charge on any atom is 0.412 e. The van der Waals surface area contributed by atoms with Gasteiger partial charge in [0, 0.05) is 17.3 Å². The van der Waals surface area contributed by atoms with Crippen molar-refractivity contribution in [2.75, 3.05) is 11.9 Å². The van der Waals surface area contributed by atoms with Crippen molar-refractivity contribution in [1.82, 2.24) is 19.7 Å². The number of carbonyl (C=O) groups is 1. The first-order chi connectivity index (χ1) is 12.0. The van der Waals surface area contributed by atoms with Crippen LogP contribution in [0.5, 0.6) is 0 Å². The van der Waals surface area contributed by atoms with E-state index in [2.05, 4.69) is 20.4 Å². The van der Waals surface area contributed by atoms with Crippen LogP contribution in [-0.4, -0.2) is 32.4 Å². The summed E-state index contributed by atoms with van der Waals surface area (Å²) in [7, 11) is 0. The number of aromatic amines is 1. The van der Waals surface area contributed by atoms with Gasteiger partial charge >= 0.3 is 6.09 Å². The van der Waals surface area contributed by atoms with Gasteiger partial charge in [0.15, 0.2) is 5.76 Å². The highest BCUT2D eigenvalue weighted by atomic mass is 16.5. The zero-order valence-corrected chi connectivity index (χ0v) is 14.0. The highest BCUT2D eigenvalue weighted by Crippen LogP contribution is 2.24. The molecule has 3 heterocycles. The number of H-pyrrole nitrogens is 1. The van der Waals surface area contributed by atoms with Crippen LogP contribution in [-0.2, 0) is 4.74 Å². The van der Waals surface area contributed by atoms with Gasteiger partial charge < -0.3 is 9.15 Å². The van der Waals surface area contributed by atoms with Crippen molar-refractivity contribution in [3.63, 3.8) is 0 Å². The van der Waals surface area contributed by atoms with E-state index in [1.165, 1.54) is 10.9 Å². The SMILES string of the molecule is CCOC(=O)Nc1cc(-c2ccco2)nn1-c1nc(C)c(C)c(=O)[nH]1. The molecule has 1 amide bonds. The molecule has 0 bridgehead atoms. The van der Waals surface area contributed by atoms with Gasteiger partial charge in [0.05, 0.1) is 12.9 Å². The third-order valence-electron chi connectivity index (χ3n) is 3.57.